The van der Waals surface area contributed by atoms with E-state index in [0.717, 1.165) is 6.54 Å². The van der Waals surface area contributed by atoms with Crippen LogP contribution in [-0.4, -0.2) is 88.0 Å². The molecule has 7 atom stereocenters. The molecule has 3 N–H and O–H groups in total. The van der Waals surface area contributed by atoms with Crippen molar-refractivity contribution >= 4 is 35.3 Å². The number of piperazine rings is 1. The van der Waals surface area contributed by atoms with E-state index in [9.17, 15) is 24.3 Å². The van der Waals surface area contributed by atoms with Crippen molar-refractivity contribution in [3.8, 4) is 0 Å². The van der Waals surface area contributed by atoms with E-state index in [4.69, 9.17) is 0 Å². The Labute approximate surface area is 198 Å². The quantitative estimate of drug-likeness (QED) is 0.457. The molecule has 182 valence electrons. The lowest BCUT2D eigenvalue weighted by atomic mass is 9.73. The third-order valence-electron chi connectivity index (χ3n) is 7.38. The standard InChI is InChI=1S/C23H34N4O5S/c1-11(7-13(3)28)17-18-14(4)20(19(23(31)32)27(18)22(17)30)33-15-8-16(25-9-15)21(29)26-6-5-24-12(2)10-26/h11-12,14-18,24-25H,5-10H2,1-4H3,(H,31,32)/t11-,12+,14+,15-,16-,17+,18-/m0/s1. The number of rotatable bonds is 7. The Morgan fingerprint density at radius 2 is 1.97 bits per heavy atom. The summed E-state index contributed by atoms with van der Waals surface area (Å²) in [7, 11) is 0. The van der Waals surface area contributed by atoms with Crippen molar-refractivity contribution in [2.75, 3.05) is 26.2 Å². The molecular formula is C23H34N4O5S. The molecule has 0 bridgehead atoms. The van der Waals surface area contributed by atoms with Gasteiger partial charge >= 0.3 is 5.97 Å². The molecule has 4 rings (SSSR count). The first-order valence-electron chi connectivity index (χ1n) is 11.8. The summed E-state index contributed by atoms with van der Waals surface area (Å²) in [5.74, 6) is -1.70. The lowest BCUT2D eigenvalue weighted by molar-refractivity contribution is -0.160. The molecule has 0 aliphatic carbocycles. The lowest BCUT2D eigenvalue weighted by Gasteiger charge is -2.47. The summed E-state index contributed by atoms with van der Waals surface area (Å²) in [5, 5.41) is 16.7. The highest BCUT2D eigenvalue weighted by Gasteiger charge is 2.60. The normalized spacial score (nSPS) is 34.8. The van der Waals surface area contributed by atoms with Crippen molar-refractivity contribution in [2.24, 2.45) is 17.8 Å². The maximum Gasteiger partial charge on any atom is 0.353 e. The first-order valence-corrected chi connectivity index (χ1v) is 12.7. The summed E-state index contributed by atoms with van der Waals surface area (Å²) < 4.78 is 0. The van der Waals surface area contributed by atoms with Crippen molar-refractivity contribution < 1.29 is 24.3 Å². The average Bonchev–Trinajstić information content (AvgIpc) is 3.29. The van der Waals surface area contributed by atoms with E-state index in [-0.39, 0.29) is 64.4 Å². The molecular weight excluding hydrogens is 444 g/mol. The van der Waals surface area contributed by atoms with E-state index in [0.29, 0.717) is 37.4 Å². The molecule has 10 heteroatoms. The Bertz CT molecular complexity index is 892. The molecule has 0 aromatic rings. The number of β-lactam (4-membered cyclic amide) rings is 1. The van der Waals surface area contributed by atoms with Crippen LogP contribution in [0.3, 0.4) is 0 Å². The van der Waals surface area contributed by atoms with Crippen LogP contribution in [0.25, 0.3) is 0 Å². The van der Waals surface area contributed by atoms with Gasteiger partial charge in [0.1, 0.15) is 11.5 Å². The molecule has 0 radical (unpaired) electrons. The number of ketones is 1. The second-order valence-electron chi connectivity index (χ2n) is 9.99. The van der Waals surface area contributed by atoms with Crippen molar-refractivity contribution in [2.45, 2.75) is 63.9 Å². The smallest absolute Gasteiger partial charge is 0.353 e. The molecule has 0 aromatic carbocycles. The number of carboxylic acids is 1. The molecule has 3 saturated heterocycles. The monoisotopic (exact) mass is 478 g/mol. The number of carboxylic acid groups (broad SMARTS) is 1. The van der Waals surface area contributed by atoms with Crippen LogP contribution in [0.1, 0.15) is 40.5 Å². The summed E-state index contributed by atoms with van der Waals surface area (Å²) >= 11 is 1.50. The molecule has 3 fully saturated rings. The second kappa shape index (κ2) is 9.38. The fraction of sp³-hybridized carbons (Fsp3) is 0.739. The van der Waals surface area contributed by atoms with Gasteiger partial charge in [0.25, 0.3) is 0 Å². The van der Waals surface area contributed by atoms with Gasteiger partial charge in [0, 0.05) is 54.7 Å². The highest BCUT2D eigenvalue weighted by atomic mass is 32.2. The van der Waals surface area contributed by atoms with Crippen LogP contribution >= 0.6 is 11.8 Å². The minimum atomic E-state index is -1.09. The van der Waals surface area contributed by atoms with Crippen molar-refractivity contribution in [3.63, 3.8) is 0 Å². The fourth-order valence-corrected chi connectivity index (χ4v) is 7.34. The van der Waals surface area contributed by atoms with Crippen molar-refractivity contribution in [3.05, 3.63) is 10.6 Å². The van der Waals surface area contributed by atoms with Gasteiger partial charge in [0.2, 0.25) is 11.8 Å². The number of amides is 2. The number of thioether (sulfide) groups is 1. The van der Waals surface area contributed by atoms with Gasteiger partial charge in [-0.25, -0.2) is 4.79 Å². The van der Waals surface area contributed by atoms with Crippen LogP contribution in [0.15, 0.2) is 10.6 Å². The van der Waals surface area contributed by atoms with E-state index in [1.54, 1.807) is 0 Å². The molecule has 4 heterocycles. The van der Waals surface area contributed by atoms with Gasteiger partial charge in [-0.05, 0) is 26.2 Å². The number of nitrogens with zero attached hydrogens (tertiary/aromatic N) is 2. The number of hydrogen-bond acceptors (Lipinski definition) is 7. The molecule has 0 aromatic heterocycles. The molecule has 4 aliphatic rings. The van der Waals surface area contributed by atoms with Gasteiger partial charge < -0.3 is 30.3 Å². The molecule has 0 unspecified atom stereocenters. The number of nitrogens with one attached hydrogen (secondary N) is 2. The Morgan fingerprint density at radius 1 is 1.24 bits per heavy atom. The van der Waals surface area contributed by atoms with Gasteiger partial charge in [-0.3, -0.25) is 9.59 Å². The van der Waals surface area contributed by atoms with E-state index in [1.165, 1.54) is 23.6 Å². The van der Waals surface area contributed by atoms with Gasteiger partial charge in [-0.2, -0.15) is 0 Å². The average molecular weight is 479 g/mol. The Morgan fingerprint density at radius 3 is 2.61 bits per heavy atom. The number of carbonyl (C=O) groups is 4. The van der Waals surface area contributed by atoms with Crippen LogP contribution in [0.5, 0.6) is 0 Å². The summed E-state index contributed by atoms with van der Waals surface area (Å²) in [6.45, 7) is 10.3. The third kappa shape index (κ3) is 4.44. The summed E-state index contributed by atoms with van der Waals surface area (Å²) in [4.78, 5) is 53.6. The molecule has 0 spiro atoms. The maximum absolute atomic E-state index is 13.0. The predicted octanol–water partition coefficient (Wildman–Crippen LogP) is 0.659. The number of Topliss-reactive ketones (excluding diaryl/α,β-unsaturated/α-hetero) is 1. The van der Waals surface area contributed by atoms with Crippen LogP contribution in [0.4, 0.5) is 0 Å². The Hall–Kier alpha value is -1.91. The molecule has 9 nitrogen and oxygen atoms in total. The number of carbonyl (C=O) groups excluding carboxylic acids is 3. The molecule has 4 aliphatic heterocycles. The zero-order valence-corrected chi connectivity index (χ0v) is 20.5. The van der Waals surface area contributed by atoms with E-state index in [1.807, 2.05) is 18.7 Å². The van der Waals surface area contributed by atoms with Crippen LogP contribution in [0, 0.1) is 17.8 Å². The fourth-order valence-electron chi connectivity index (χ4n) is 5.86. The SMILES string of the molecule is CC(=O)C[C@H](C)[C@H]1C(=O)N2C(C(=O)O)=C(S[C@@H]3CN[C@H](C(=O)N4CCN[C@H](C)C4)C3)[C@H](C)[C@@H]12. The summed E-state index contributed by atoms with van der Waals surface area (Å²) in [6.07, 6.45) is 0.951. The second-order valence-corrected chi connectivity index (χ2v) is 11.3. The van der Waals surface area contributed by atoms with Crippen molar-refractivity contribution in [1.82, 2.24) is 20.4 Å². The third-order valence-corrected chi connectivity index (χ3v) is 8.89. The summed E-state index contributed by atoms with van der Waals surface area (Å²) in [6, 6.07) is -0.202. The predicted molar refractivity (Wildman–Crippen MR) is 124 cm³/mol. The number of fused-ring (bicyclic) bond motifs is 1. The van der Waals surface area contributed by atoms with Gasteiger partial charge in [0.15, 0.2) is 0 Å². The Kier molecular flexibility index (Phi) is 6.89. The molecule has 33 heavy (non-hydrogen) atoms. The molecule has 0 saturated carbocycles. The largest absolute Gasteiger partial charge is 0.477 e. The van der Waals surface area contributed by atoms with Crippen LogP contribution in [-0.2, 0) is 19.2 Å². The van der Waals surface area contributed by atoms with E-state index in [2.05, 4.69) is 17.6 Å². The molecule has 2 amide bonds. The highest BCUT2D eigenvalue weighted by Crippen LogP contribution is 2.53. The van der Waals surface area contributed by atoms with Crippen LogP contribution < -0.4 is 10.6 Å². The number of hydrogen-bond donors (Lipinski definition) is 3. The Balaban J connectivity index is 1.44. The minimum Gasteiger partial charge on any atom is -0.477 e. The van der Waals surface area contributed by atoms with Gasteiger partial charge in [0.05, 0.1) is 18.0 Å². The van der Waals surface area contributed by atoms with Crippen molar-refractivity contribution in [1.29, 1.82) is 0 Å². The van der Waals surface area contributed by atoms with Gasteiger partial charge in [-0.1, -0.05) is 13.8 Å². The first-order chi connectivity index (χ1) is 15.6. The zero-order valence-electron chi connectivity index (χ0n) is 19.7. The number of aliphatic carboxylic acids is 1. The van der Waals surface area contributed by atoms with E-state index >= 15 is 0 Å². The minimum absolute atomic E-state index is 0.0343. The van der Waals surface area contributed by atoms with E-state index < -0.39 is 5.97 Å². The zero-order chi connectivity index (χ0) is 24.0. The maximum atomic E-state index is 13.0. The highest BCUT2D eigenvalue weighted by molar-refractivity contribution is 8.03. The first kappa shape index (κ1) is 24.2. The van der Waals surface area contributed by atoms with Gasteiger partial charge in [-0.15, -0.1) is 11.8 Å². The topological polar surface area (TPSA) is 119 Å². The lowest BCUT2D eigenvalue weighted by Crippen LogP contribution is -2.62. The summed E-state index contributed by atoms with van der Waals surface area (Å²) in [5.41, 5.74) is 0.0829. The van der Waals surface area contributed by atoms with Crippen LogP contribution in [0.2, 0.25) is 0 Å².